The summed E-state index contributed by atoms with van der Waals surface area (Å²) in [4.78, 5) is 0. The molecule has 0 bridgehead atoms. The second kappa shape index (κ2) is 2.28. The van der Waals surface area contributed by atoms with E-state index in [1.54, 1.807) is 0 Å². The third kappa shape index (κ3) is 1.08. The molecule has 3 N–H and O–H groups in total. The SMILES string of the molecule is NCC1CNC(=S)O1. The molecule has 0 spiro atoms. The minimum atomic E-state index is 0.0995. The van der Waals surface area contributed by atoms with Crippen LogP contribution in [0.1, 0.15) is 0 Å². The Bertz CT molecular complexity index is 106. The van der Waals surface area contributed by atoms with E-state index in [4.69, 9.17) is 10.5 Å². The predicted octanol–water partition coefficient (Wildman–Crippen LogP) is -0.782. The molecule has 4 heteroatoms. The fourth-order valence-corrected chi connectivity index (χ4v) is 0.783. The standard InChI is InChI=1S/C4H8N2OS/c5-1-3-2-6-4(8)7-3/h3H,1-2,5H2,(H,6,8). The first-order valence-corrected chi connectivity index (χ1v) is 2.88. The lowest BCUT2D eigenvalue weighted by molar-refractivity contribution is 0.244. The lowest BCUT2D eigenvalue weighted by atomic mass is 10.4. The van der Waals surface area contributed by atoms with Gasteiger partial charge in [0.1, 0.15) is 6.10 Å². The minimum Gasteiger partial charge on any atom is -0.465 e. The molecule has 1 aliphatic heterocycles. The molecule has 8 heavy (non-hydrogen) atoms. The number of hydrogen-bond donors (Lipinski definition) is 2. The average Bonchev–Trinajstić information content (AvgIpc) is 2.14. The van der Waals surface area contributed by atoms with Crippen LogP contribution in [-0.2, 0) is 4.74 Å². The molecule has 0 aromatic carbocycles. The van der Waals surface area contributed by atoms with Crippen LogP contribution in [0.15, 0.2) is 0 Å². The van der Waals surface area contributed by atoms with Crippen molar-refractivity contribution in [1.82, 2.24) is 5.32 Å². The zero-order valence-corrected chi connectivity index (χ0v) is 5.20. The van der Waals surface area contributed by atoms with Gasteiger partial charge in [-0.1, -0.05) is 0 Å². The number of ether oxygens (including phenoxy) is 1. The molecular weight excluding hydrogens is 124 g/mol. The Balaban J connectivity index is 2.32. The molecule has 46 valence electrons. The summed E-state index contributed by atoms with van der Waals surface area (Å²) in [5.74, 6) is 0. The Kier molecular flexibility index (Phi) is 1.65. The van der Waals surface area contributed by atoms with Gasteiger partial charge in [0.2, 0.25) is 0 Å². The highest BCUT2D eigenvalue weighted by Gasteiger charge is 2.16. The molecule has 0 aliphatic carbocycles. The van der Waals surface area contributed by atoms with Crippen LogP contribution < -0.4 is 11.1 Å². The van der Waals surface area contributed by atoms with Crippen molar-refractivity contribution in [3.05, 3.63) is 0 Å². The van der Waals surface area contributed by atoms with Crippen molar-refractivity contribution in [3.8, 4) is 0 Å². The maximum Gasteiger partial charge on any atom is 0.257 e. The Labute approximate surface area is 53.2 Å². The molecule has 1 rings (SSSR count). The summed E-state index contributed by atoms with van der Waals surface area (Å²) in [5.41, 5.74) is 5.27. The first-order valence-electron chi connectivity index (χ1n) is 2.47. The van der Waals surface area contributed by atoms with Gasteiger partial charge in [-0.3, -0.25) is 0 Å². The van der Waals surface area contributed by atoms with Gasteiger partial charge >= 0.3 is 0 Å². The Hall–Kier alpha value is -0.350. The molecule has 1 unspecified atom stereocenters. The maximum atomic E-state index is 5.27. The van der Waals surface area contributed by atoms with Crippen LogP contribution >= 0.6 is 12.2 Å². The normalized spacial score (nSPS) is 27.1. The van der Waals surface area contributed by atoms with E-state index < -0.39 is 0 Å². The van der Waals surface area contributed by atoms with Gasteiger partial charge in [-0.2, -0.15) is 0 Å². The minimum absolute atomic E-state index is 0.0995. The van der Waals surface area contributed by atoms with E-state index in [2.05, 4.69) is 17.5 Å². The molecule has 1 aliphatic rings. The highest BCUT2D eigenvalue weighted by molar-refractivity contribution is 7.80. The smallest absolute Gasteiger partial charge is 0.257 e. The van der Waals surface area contributed by atoms with E-state index in [0.29, 0.717) is 11.7 Å². The second-order valence-corrected chi connectivity index (χ2v) is 2.01. The largest absolute Gasteiger partial charge is 0.465 e. The average molecular weight is 132 g/mol. The summed E-state index contributed by atoms with van der Waals surface area (Å²) in [6.07, 6.45) is 0.0995. The molecule has 1 fully saturated rings. The molecule has 3 nitrogen and oxygen atoms in total. The number of hydrogen-bond acceptors (Lipinski definition) is 3. The van der Waals surface area contributed by atoms with Crippen molar-refractivity contribution in [2.24, 2.45) is 5.73 Å². The van der Waals surface area contributed by atoms with Crippen LogP contribution in [0.2, 0.25) is 0 Å². The van der Waals surface area contributed by atoms with Gasteiger partial charge in [0.15, 0.2) is 0 Å². The monoisotopic (exact) mass is 132 g/mol. The van der Waals surface area contributed by atoms with Crippen molar-refractivity contribution in [2.45, 2.75) is 6.10 Å². The summed E-state index contributed by atoms with van der Waals surface area (Å²) in [6, 6.07) is 0. The highest BCUT2D eigenvalue weighted by Crippen LogP contribution is 1.96. The lowest BCUT2D eigenvalue weighted by Gasteiger charge is -2.00. The van der Waals surface area contributed by atoms with Crippen LogP contribution in [0.25, 0.3) is 0 Å². The third-order valence-corrected chi connectivity index (χ3v) is 1.25. The van der Waals surface area contributed by atoms with Crippen LogP contribution in [0, 0.1) is 0 Å². The van der Waals surface area contributed by atoms with E-state index in [9.17, 15) is 0 Å². The van der Waals surface area contributed by atoms with Crippen molar-refractivity contribution in [1.29, 1.82) is 0 Å². The Morgan fingerprint density at radius 3 is 3.00 bits per heavy atom. The number of rotatable bonds is 1. The van der Waals surface area contributed by atoms with Gasteiger partial charge in [0.05, 0.1) is 6.54 Å². The zero-order chi connectivity index (χ0) is 5.98. The van der Waals surface area contributed by atoms with Gasteiger partial charge in [0, 0.05) is 6.54 Å². The lowest BCUT2D eigenvalue weighted by Crippen LogP contribution is -2.23. The van der Waals surface area contributed by atoms with Gasteiger partial charge in [-0.15, -0.1) is 0 Å². The fraction of sp³-hybridized carbons (Fsp3) is 0.750. The maximum absolute atomic E-state index is 5.27. The zero-order valence-electron chi connectivity index (χ0n) is 4.39. The molecule has 0 aromatic heterocycles. The van der Waals surface area contributed by atoms with E-state index >= 15 is 0 Å². The fourth-order valence-electron chi connectivity index (χ4n) is 0.563. The number of nitrogens with two attached hydrogens (primary N) is 1. The van der Waals surface area contributed by atoms with Gasteiger partial charge < -0.3 is 15.8 Å². The molecular formula is C4H8N2OS. The Morgan fingerprint density at radius 1 is 2.00 bits per heavy atom. The molecule has 0 radical (unpaired) electrons. The molecule has 0 aromatic rings. The van der Waals surface area contributed by atoms with Crippen molar-refractivity contribution >= 4 is 17.4 Å². The highest BCUT2D eigenvalue weighted by atomic mass is 32.1. The van der Waals surface area contributed by atoms with Gasteiger partial charge in [-0.25, -0.2) is 0 Å². The summed E-state index contributed by atoms with van der Waals surface area (Å²) < 4.78 is 5.01. The van der Waals surface area contributed by atoms with Gasteiger partial charge in [0.25, 0.3) is 5.17 Å². The van der Waals surface area contributed by atoms with E-state index in [-0.39, 0.29) is 6.10 Å². The van der Waals surface area contributed by atoms with E-state index in [0.717, 1.165) is 6.54 Å². The van der Waals surface area contributed by atoms with Crippen LogP contribution in [0.4, 0.5) is 0 Å². The van der Waals surface area contributed by atoms with Gasteiger partial charge in [-0.05, 0) is 12.2 Å². The summed E-state index contributed by atoms with van der Waals surface area (Å²) >= 11 is 4.67. The van der Waals surface area contributed by atoms with Crippen LogP contribution in [0.3, 0.4) is 0 Å². The molecule has 1 saturated heterocycles. The summed E-state index contributed by atoms with van der Waals surface area (Å²) in [7, 11) is 0. The number of nitrogens with one attached hydrogen (secondary N) is 1. The summed E-state index contributed by atoms with van der Waals surface area (Å²) in [5, 5.41) is 3.32. The molecule has 0 amide bonds. The van der Waals surface area contributed by atoms with Crippen molar-refractivity contribution in [2.75, 3.05) is 13.1 Å². The first-order chi connectivity index (χ1) is 3.83. The van der Waals surface area contributed by atoms with Crippen LogP contribution in [-0.4, -0.2) is 24.4 Å². The Morgan fingerprint density at radius 2 is 2.75 bits per heavy atom. The number of thiocarbonyl (C=S) groups is 1. The second-order valence-electron chi connectivity index (χ2n) is 1.64. The molecule has 1 heterocycles. The topological polar surface area (TPSA) is 47.3 Å². The third-order valence-electron chi connectivity index (χ3n) is 1.01. The van der Waals surface area contributed by atoms with E-state index in [1.165, 1.54) is 0 Å². The van der Waals surface area contributed by atoms with Crippen molar-refractivity contribution < 1.29 is 4.74 Å². The molecule has 0 saturated carbocycles. The van der Waals surface area contributed by atoms with E-state index in [1.807, 2.05) is 0 Å². The predicted molar refractivity (Wildman–Crippen MR) is 34.5 cm³/mol. The summed E-state index contributed by atoms with van der Waals surface area (Å²) in [6.45, 7) is 1.29. The first kappa shape index (κ1) is 5.78. The van der Waals surface area contributed by atoms with Crippen LogP contribution in [0.5, 0.6) is 0 Å². The van der Waals surface area contributed by atoms with Crippen molar-refractivity contribution in [3.63, 3.8) is 0 Å². The quantitative estimate of drug-likeness (QED) is 0.459. The molecule has 1 atom stereocenters.